The van der Waals surface area contributed by atoms with Crippen molar-refractivity contribution in [3.8, 4) is 0 Å². The summed E-state index contributed by atoms with van der Waals surface area (Å²) in [6.07, 6.45) is 8.11. The van der Waals surface area contributed by atoms with Crippen LogP contribution in [0.25, 0.3) is 0 Å². The summed E-state index contributed by atoms with van der Waals surface area (Å²) in [5.74, 6) is 4.01. The average molecular weight is 505 g/mol. The molecular weight excluding hydrogens is 466 g/mol. The molecule has 1 aromatic heterocycles. The van der Waals surface area contributed by atoms with Crippen molar-refractivity contribution >= 4 is 11.8 Å². The van der Waals surface area contributed by atoms with Crippen LogP contribution in [-0.2, 0) is 12.1 Å². The van der Waals surface area contributed by atoms with E-state index >= 15 is 0 Å². The van der Waals surface area contributed by atoms with Gasteiger partial charge in [-0.3, -0.25) is 0 Å². The molecule has 4 aliphatic rings. The zero-order valence-electron chi connectivity index (χ0n) is 21.1. The first-order valence-electron chi connectivity index (χ1n) is 13.8. The quantitative estimate of drug-likeness (QED) is 0.300. The number of quaternary nitrogens is 1. The number of nitrogens with zero attached hydrogens (tertiary/aromatic N) is 3. The van der Waals surface area contributed by atoms with Crippen molar-refractivity contribution in [2.24, 2.45) is 17.8 Å². The highest BCUT2D eigenvalue weighted by Gasteiger charge is 2.48. The van der Waals surface area contributed by atoms with Crippen LogP contribution in [0, 0.1) is 17.8 Å². The van der Waals surface area contributed by atoms with E-state index in [0.29, 0.717) is 11.7 Å². The Morgan fingerprint density at radius 3 is 2.33 bits per heavy atom. The van der Waals surface area contributed by atoms with E-state index in [0.717, 1.165) is 54.1 Å². The summed E-state index contributed by atoms with van der Waals surface area (Å²) >= 11 is 2.00. The molecule has 3 aliphatic heterocycles. The molecule has 7 rings (SSSR count). The van der Waals surface area contributed by atoms with Gasteiger partial charge in [-0.2, -0.15) is 4.98 Å². The standard InChI is InChI=1S/C30H38N3O2S/c34-30(25-10-4-1-5-11-25,26-12-6-2-7-13-26)29-31-28(35-32-29)21-33-18-16-23(17-19-33)24(20-33)22-36-27-14-8-3-9-15-27/h1,3-5,8-11,14-15,23-24,26,34H,2,6-7,12-13,16-22H2/q+1/t23?,24-,30?,33?/m1/s1. The van der Waals surface area contributed by atoms with Crippen molar-refractivity contribution in [2.75, 3.05) is 25.4 Å². The van der Waals surface area contributed by atoms with Gasteiger partial charge in [-0.15, -0.1) is 11.8 Å². The van der Waals surface area contributed by atoms with Crippen LogP contribution in [0.5, 0.6) is 0 Å². The molecule has 1 aliphatic carbocycles. The summed E-state index contributed by atoms with van der Waals surface area (Å²) in [6.45, 7) is 4.36. The maximum Gasteiger partial charge on any atom is 0.282 e. The van der Waals surface area contributed by atoms with Crippen LogP contribution < -0.4 is 0 Å². The van der Waals surface area contributed by atoms with E-state index in [1.807, 2.05) is 42.1 Å². The normalized spacial score (nSPS) is 28.1. The van der Waals surface area contributed by atoms with Crippen LogP contribution in [0.3, 0.4) is 0 Å². The third-order valence-electron chi connectivity index (χ3n) is 9.13. The van der Waals surface area contributed by atoms with Gasteiger partial charge in [0.15, 0.2) is 12.1 Å². The van der Waals surface area contributed by atoms with Gasteiger partial charge in [0.1, 0.15) is 0 Å². The Bertz CT molecular complexity index is 1120. The van der Waals surface area contributed by atoms with E-state index < -0.39 is 5.60 Å². The molecule has 6 heteroatoms. The smallest absolute Gasteiger partial charge is 0.282 e. The van der Waals surface area contributed by atoms with E-state index in [4.69, 9.17) is 9.51 Å². The van der Waals surface area contributed by atoms with Crippen LogP contribution in [0.2, 0.25) is 0 Å². The summed E-state index contributed by atoms with van der Waals surface area (Å²) in [7, 11) is 0. The molecule has 0 spiro atoms. The predicted molar refractivity (Wildman–Crippen MR) is 142 cm³/mol. The lowest BCUT2D eigenvalue weighted by Crippen LogP contribution is -2.61. The first-order valence-corrected chi connectivity index (χ1v) is 14.8. The van der Waals surface area contributed by atoms with Gasteiger partial charge in [0, 0.05) is 29.4 Å². The summed E-state index contributed by atoms with van der Waals surface area (Å²) in [5, 5.41) is 16.6. The van der Waals surface area contributed by atoms with Gasteiger partial charge in [0.2, 0.25) is 5.82 Å². The van der Waals surface area contributed by atoms with Gasteiger partial charge in [-0.05, 0) is 42.4 Å². The zero-order valence-corrected chi connectivity index (χ0v) is 21.9. The van der Waals surface area contributed by atoms with Crippen molar-refractivity contribution < 1.29 is 14.1 Å². The number of thioether (sulfide) groups is 1. The minimum absolute atomic E-state index is 0.122. The summed E-state index contributed by atoms with van der Waals surface area (Å²) in [4.78, 5) is 6.27. The van der Waals surface area contributed by atoms with E-state index in [1.165, 1.54) is 49.5 Å². The average Bonchev–Trinajstić information content (AvgIpc) is 3.42. The molecule has 190 valence electrons. The first-order chi connectivity index (χ1) is 17.6. The van der Waals surface area contributed by atoms with Crippen molar-refractivity contribution in [1.82, 2.24) is 10.1 Å². The molecule has 4 heterocycles. The fraction of sp³-hybridized carbons (Fsp3) is 0.533. The van der Waals surface area contributed by atoms with Crippen molar-refractivity contribution in [1.29, 1.82) is 0 Å². The van der Waals surface area contributed by atoms with Crippen molar-refractivity contribution in [2.45, 2.75) is 62.0 Å². The molecule has 1 saturated carbocycles. The molecule has 2 aromatic carbocycles. The van der Waals surface area contributed by atoms with Crippen LogP contribution in [-0.4, -0.2) is 45.1 Å². The number of hydrogen-bond acceptors (Lipinski definition) is 5. The topological polar surface area (TPSA) is 59.2 Å². The fourth-order valence-electron chi connectivity index (χ4n) is 7.09. The van der Waals surface area contributed by atoms with Crippen molar-refractivity contribution in [3.63, 3.8) is 0 Å². The first kappa shape index (κ1) is 24.2. The highest BCUT2D eigenvalue weighted by atomic mass is 32.2. The third kappa shape index (κ3) is 4.75. The van der Waals surface area contributed by atoms with Crippen LogP contribution in [0.4, 0.5) is 0 Å². The number of fused-ring (bicyclic) bond motifs is 3. The van der Waals surface area contributed by atoms with Crippen LogP contribution in [0.15, 0.2) is 70.1 Å². The number of rotatable bonds is 8. The predicted octanol–water partition coefficient (Wildman–Crippen LogP) is 6.03. The highest BCUT2D eigenvalue weighted by molar-refractivity contribution is 7.99. The molecular formula is C30H38N3O2S+. The lowest BCUT2D eigenvalue weighted by Gasteiger charge is -2.52. The summed E-state index contributed by atoms with van der Waals surface area (Å²) in [6, 6.07) is 20.8. The third-order valence-corrected chi connectivity index (χ3v) is 10.3. The monoisotopic (exact) mass is 504 g/mol. The lowest BCUT2D eigenvalue weighted by molar-refractivity contribution is -0.959. The van der Waals surface area contributed by atoms with Gasteiger partial charge in [-0.1, -0.05) is 73.0 Å². The molecule has 3 aromatic rings. The summed E-state index contributed by atoms with van der Waals surface area (Å²) < 4.78 is 6.94. The van der Waals surface area contributed by atoms with Crippen LogP contribution in [0.1, 0.15) is 62.2 Å². The number of piperidine rings is 3. The van der Waals surface area contributed by atoms with Gasteiger partial charge >= 0.3 is 0 Å². The lowest BCUT2D eigenvalue weighted by atomic mass is 9.73. The Labute approximate surface area is 218 Å². The maximum atomic E-state index is 12.2. The molecule has 4 fully saturated rings. The molecule has 5 nitrogen and oxygen atoms in total. The number of benzene rings is 2. The molecule has 36 heavy (non-hydrogen) atoms. The second kappa shape index (κ2) is 10.3. The molecule has 1 unspecified atom stereocenters. The van der Waals surface area contributed by atoms with E-state index in [1.54, 1.807) is 0 Å². The second-order valence-electron chi connectivity index (χ2n) is 11.3. The van der Waals surface area contributed by atoms with Crippen molar-refractivity contribution in [3.05, 3.63) is 77.9 Å². The largest absolute Gasteiger partial charge is 0.377 e. The molecule has 2 atom stereocenters. The second-order valence-corrected chi connectivity index (χ2v) is 12.4. The molecule has 0 amide bonds. The molecule has 1 N–H and O–H groups in total. The Hall–Kier alpha value is -2.15. The zero-order chi connectivity index (χ0) is 24.4. The van der Waals surface area contributed by atoms with Gasteiger partial charge in [0.25, 0.3) is 5.89 Å². The minimum Gasteiger partial charge on any atom is -0.377 e. The fourth-order valence-corrected chi connectivity index (χ4v) is 8.22. The summed E-state index contributed by atoms with van der Waals surface area (Å²) in [5.41, 5.74) is -0.305. The minimum atomic E-state index is -1.19. The van der Waals surface area contributed by atoms with Gasteiger partial charge in [-0.25, -0.2) is 0 Å². The number of hydrogen-bond donors (Lipinski definition) is 1. The maximum absolute atomic E-state index is 12.2. The SMILES string of the molecule is OC(c1ccccc1)(c1noc(C[N+]23CCC(CC2)[C@@H](CSc2ccccc2)C3)n1)C1CCCCC1. The Morgan fingerprint density at radius 2 is 1.61 bits per heavy atom. The van der Waals surface area contributed by atoms with Gasteiger partial charge in [0.05, 0.1) is 19.6 Å². The van der Waals surface area contributed by atoms with Crippen LogP contribution >= 0.6 is 11.8 Å². The molecule has 0 radical (unpaired) electrons. The number of aliphatic hydroxyl groups is 1. The Balaban J connectivity index is 1.20. The Kier molecular flexibility index (Phi) is 6.93. The van der Waals surface area contributed by atoms with E-state index in [9.17, 15) is 5.11 Å². The molecule has 2 bridgehead atoms. The Morgan fingerprint density at radius 1 is 0.917 bits per heavy atom. The molecule has 3 saturated heterocycles. The van der Waals surface area contributed by atoms with E-state index in [-0.39, 0.29) is 5.92 Å². The highest BCUT2D eigenvalue weighted by Crippen LogP contribution is 2.44. The van der Waals surface area contributed by atoms with Gasteiger partial charge < -0.3 is 14.1 Å². The number of aromatic nitrogens is 2. The van der Waals surface area contributed by atoms with E-state index in [2.05, 4.69) is 35.5 Å².